The maximum absolute atomic E-state index is 12.3. The van der Waals surface area contributed by atoms with Crippen molar-refractivity contribution in [1.82, 2.24) is 10.2 Å². The lowest BCUT2D eigenvalue weighted by Gasteiger charge is -2.33. The lowest BCUT2D eigenvalue weighted by molar-refractivity contribution is -0.120. The number of carbonyl (C=O) groups is 1. The van der Waals surface area contributed by atoms with Gasteiger partial charge in [0.25, 0.3) is 0 Å². The van der Waals surface area contributed by atoms with Gasteiger partial charge in [0.2, 0.25) is 5.91 Å². The second kappa shape index (κ2) is 8.22. The first kappa shape index (κ1) is 18.2. The second-order valence-corrected chi connectivity index (χ2v) is 7.33. The highest BCUT2D eigenvalue weighted by molar-refractivity contribution is 6.36. The summed E-state index contributed by atoms with van der Waals surface area (Å²) < 4.78 is 0. The van der Waals surface area contributed by atoms with Crippen LogP contribution in [0.15, 0.2) is 42.5 Å². The van der Waals surface area contributed by atoms with Crippen LogP contribution in [0.25, 0.3) is 0 Å². The quantitative estimate of drug-likeness (QED) is 0.851. The van der Waals surface area contributed by atoms with Crippen LogP contribution in [0.1, 0.15) is 23.6 Å². The van der Waals surface area contributed by atoms with Gasteiger partial charge in [-0.15, -0.1) is 0 Å². The maximum Gasteiger partial charge on any atom is 0.224 e. The van der Waals surface area contributed by atoms with Gasteiger partial charge in [0.05, 0.1) is 6.42 Å². The summed E-state index contributed by atoms with van der Waals surface area (Å²) in [6.07, 6.45) is 1.26. The highest BCUT2D eigenvalue weighted by atomic mass is 35.5. The maximum atomic E-state index is 12.3. The second-order valence-electron chi connectivity index (χ2n) is 6.52. The third kappa shape index (κ3) is 4.55. The fraction of sp³-hybridized carbons (Fsp3) is 0.350. The van der Waals surface area contributed by atoms with E-state index in [0.717, 1.165) is 19.5 Å². The lowest BCUT2D eigenvalue weighted by atomic mass is 9.99. The van der Waals surface area contributed by atoms with Gasteiger partial charge in [-0.1, -0.05) is 53.5 Å². The Balaban J connectivity index is 1.52. The van der Waals surface area contributed by atoms with E-state index in [1.165, 1.54) is 11.1 Å². The van der Waals surface area contributed by atoms with Crippen molar-refractivity contribution in [3.05, 3.63) is 69.2 Å². The van der Waals surface area contributed by atoms with Crippen molar-refractivity contribution in [3.63, 3.8) is 0 Å². The summed E-state index contributed by atoms with van der Waals surface area (Å²) in [5.41, 5.74) is 3.50. The molecule has 1 unspecified atom stereocenters. The Hall–Kier alpha value is -1.55. The molecule has 132 valence electrons. The molecule has 0 aliphatic carbocycles. The standard InChI is InChI=1S/C20H22Cl2N2O/c1-14(24-10-9-15-5-2-3-6-16(15)13-24)12-23-20(25)11-17-18(21)7-4-8-19(17)22/h2-8,14H,9-13H2,1H3,(H,23,25). The molecule has 0 saturated carbocycles. The van der Waals surface area contributed by atoms with Crippen molar-refractivity contribution in [2.45, 2.75) is 32.4 Å². The smallest absolute Gasteiger partial charge is 0.224 e. The Bertz CT molecular complexity index is 743. The van der Waals surface area contributed by atoms with E-state index in [-0.39, 0.29) is 18.4 Å². The fourth-order valence-electron chi connectivity index (χ4n) is 3.21. The van der Waals surface area contributed by atoms with Crippen molar-refractivity contribution in [2.75, 3.05) is 13.1 Å². The van der Waals surface area contributed by atoms with Gasteiger partial charge in [0.15, 0.2) is 0 Å². The van der Waals surface area contributed by atoms with Crippen molar-refractivity contribution < 1.29 is 4.79 Å². The molecule has 0 spiro atoms. The summed E-state index contributed by atoms with van der Waals surface area (Å²) in [6.45, 7) is 4.72. The molecule has 1 N–H and O–H groups in total. The van der Waals surface area contributed by atoms with Crippen LogP contribution < -0.4 is 5.32 Å². The average Bonchev–Trinajstić information content (AvgIpc) is 2.62. The molecule has 1 amide bonds. The number of amides is 1. The minimum Gasteiger partial charge on any atom is -0.354 e. The molecule has 1 aliphatic rings. The zero-order valence-corrected chi connectivity index (χ0v) is 15.8. The molecule has 0 radical (unpaired) electrons. The topological polar surface area (TPSA) is 32.3 Å². The van der Waals surface area contributed by atoms with E-state index < -0.39 is 0 Å². The monoisotopic (exact) mass is 376 g/mol. The average molecular weight is 377 g/mol. The van der Waals surface area contributed by atoms with Crippen LogP contribution in [0.5, 0.6) is 0 Å². The molecule has 3 rings (SSSR count). The highest BCUT2D eigenvalue weighted by Crippen LogP contribution is 2.24. The first-order chi connectivity index (χ1) is 12.0. The van der Waals surface area contributed by atoms with Crippen molar-refractivity contribution in [3.8, 4) is 0 Å². The van der Waals surface area contributed by atoms with Gasteiger partial charge < -0.3 is 5.32 Å². The molecule has 0 bridgehead atoms. The van der Waals surface area contributed by atoms with Gasteiger partial charge in [-0.05, 0) is 42.2 Å². The van der Waals surface area contributed by atoms with Crippen LogP contribution in [0.2, 0.25) is 10.0 Å². The number of carbonyl (C=O) groups excluding carboxylic acids is 1. The van der Waals surface area contributed by atoms with E-state index in [9.17, 15) is 4.79 Å². The molecule has 1 heterocycles. The van der Waals surface area contributed by atoms with Crippen LogP contribution in [0, 0.1) is 0 Å². The molecule has 1 atom stereocenters. The molecule has 0 saturated heterocycles. The normalized spacial score (nSPS) is 15.5. The predicted octanol–water partition coefficient (Wildman–Crippen LogP) is 4.10. The van der Waals surface area contributed by atoms with Gasteiger partial charge >= 0.3 is 0 Å². The predicted molar refractivity (Wildman–Crippen MR) is 103 cm³/mol. The molecule has 0 fully saturated rings. The van der Waals surface area contributed by atoms with Crippen molar-refractivity contribution >= 4 is 29.1 Å². The van der Waals surface area contributed by atoms with Crippen LogP contribution in [0.4, 0.5) is 0 Å². The largest absolute Gasteiger partial charge is 0.354 e. The van der Waals surface area contributed by atoms with Gasteiger partial charge in [0, 0.05) is 35.7 Å². The number of hydrogen-bond donors (Lipinski definition) is 1. The van der Waals surface area contributed by atoms with Gasteiger partial charge in [0.1, 0.15) is 0 Å². The number of nitrogens with one attached hydrogen (secondary N) is 1. The van der Waals surface area contributed by atoms with E-state index >= 15 is 0 Å². The summed E-state index contributed by atoms with van der Waals surface area (Å²) in [4.78, 5) is 14.7. The van der Waals surface area contributed by atoms with Crippen molar-refractivity contribution in [2.24, 2.45) is 0 Å². The van der Waals surface area contributed by atoms with E-state index in [0.29, 0.717) is 22.2 Å². The van der Waals surface area contributed by atoms with Gasteiger partial charge in [-0.3, -0.25) is 9.69 Å². The highest BCUT2D eigenvalue weighted by Gasteiger charge is 2.21. The molecule has 2 aromatic carbocycles. The first-order valence-corrected chi connectivity index (χ1v) is 9.30. The summed E-state index contributed by atoms with van der Waals surface area (Å²) in [6, 6.07) is 14.1. The summed E-state index contributed by atoms with van der Waals surface area (Å²) in [5, 5.41) is 4.07. The lowest BCUT2D eigenvalue weighted by Crippen LogP contribution is -2.44. The Morgan fingerprint density at radius 2 is 1.80 bits per heavy atom. The van der Waals surface area contributed by atoms with Crippen LogP contribution in [0.3, 0.4) is 0 Å². The zero-order valence-electron chi connectivity index (χ0n) is 14.3. The molecule has 25 heavy (non-hydrogen) atoms. The summed E-state index contributed by atoms with van der Waals surface area (Å²) in [7, 11) is 0. The first-order valence-electron chi connectivity index (χ1n) is 8.55. The molecular weight excluding hydrogens is 355 g/mol. The Morgan fingerprint density at radius 3 is 2.52 bits per heavy atom. The third-order valence-corrected chi connectivity index (χ3v) is 5.49. The molecule has 1 aliphatic heterocycles. The van der Waals surface area contributed by atoms with Crippen LogP contribution >= 0.6 is 23.2 Å². The van der Waals surface area contributed by atoms with E-state index in [1.807, 2.05) is 0 Å². The molecular formula is C20H22Cl2N2O. The third-order valence-electron chi connectivity index (χ3n) is 4.78. The Labute approximate surface area is 158 Å². The van der Waals surface area contributed by atoms with Crippen LogP contribution in [-0.2, 0) is 24.2 Å². The number of hydrogen-bond acceptors (Lipinski definition) is 2. The summed E-state index contributed by atoms with van der Waals surface area (Å²) in [5.74, 6) is -0.0562. The van der Waals surface area contributed by atoms with E-state index in [1.54, 1.807) is 18.2 Å². The van der Waals surface area contributed by atoms with Gasteiger partial charge in [-0.25, -0.2) is 0 Å². The van der Waals surface area contributed by atoms with Crippen molar-refractivity contribution in [1.29, 1.82) is 0 Å². The SMILES string of the molecule is CC(CNC(=O)Cc1c(Cl)cccc1Cl)N1CCc2ccccc2C1. The Kier molecular flexibility index (Phi) is 6.00. The molecule has 2 aromatic rings. The molecule has 5 heteroatoms. The van der Waals surface area contributed by atoms with Crippen LogP contribution in [-0.4, -0.2) is 29.9 Å². The fourth-order valence-corrected chi connectivity index (χ4v) is 3.74. The van der Waals surface area contributed by atoms with E-state index in [4.69, 9.17) is 23.2 Å². The minimum absolute atomic E-state index is 0.0562. The zero-order chi connectivity index (χ0) is 17.8. The number of nitrogens with zero attached hydrogens (tertiary/aromatic N) is 1. The number of fused-ring (bicyclic) bond motifs is 1. The molecule has 0 aromatic heterocycles. The Morgan fingerprint density at radius 1 is 1.12 bits per heavy atom. The number of rotatable bonds is 5. The van der Waals surface area contributed by atoms with E-state index in [2.05, 4.69) is 41.4 Å². The molecule has 3 nitrogen and oxygen atoms in total. The number of benzene rings is 2. The minimum atomic E-state index is -0.0562. The summed E-state index contributed by atoms with van der Waals surface area (Å²) >= 11 is 12.3. The number of halogens is 2. The van der Waals surface area contributed by atoms with Gasteiger partial charge in [-0.2, -0.15) is 0 Å².